The quantitative estimate of drug-likeness (QED) is 0.286. The van der Waals surface area contributed by atoms with Gasteiger partial charge in [-0.3, -0.25) is 9.59 Å². The summed E-state index contributed by atoms with van der Waals surface area (Å²) in [7, 11) is 0. The van der Waals surface area contributed by atoms with Gasteiger partial charge in [-0.1, -0.05) is 56.3 Å². The van der Waals surface area contributed by atoms with E-state index < -0.39 is 23.5 Å². The fourth-order valence-corrected chi connectivity index (χ4v) is 4.30. The first kappa shape index (κ1) is 26.8. The van der Waals surface area contributed by atoms with Crippen LogP contribution in [0.3, 0.4) is 0 Å². The molecule has 0 spiro atoms. The zero-order chi connectivity index (χ0) is 27.1. The number of hydrogen-bond acceptors (Lipinski definition) is 6. The van der Waals surface area contributed by atoms with Crippen molar-refractivity contribution in [1.29, 1.82) is 0 Å². The molecule has 2 aromatic carbocycles. The molecule has 1 aliphatic heterocycles. The molecule has 1 unspecified atom stereocenters. The lowest BCUT2D eigenvalue weighted by Gasteiger charge is -2.26. The van der Waals surface area contributed by atoms with E-state index >= 15 is 0 Å². The molecule has 0 fully saturated rings. The first-order chi connectivity index (χ1) is 18.4. The summed E-state index contributed by atoms with van der Waals surface area (Å²) in [6.07, 6.45) is 5.45. The molecule has 1 atom stereocenters. The van der Waals surface area contributed by atoms with Gasteiger partial charge in [0, 0.05) is 0 Å². The van der Waals surface area contributed by atoms with Crippen LogP contribution in [0.5, 0.6) is 11.5 Å². The molecule has 1 aromatic heterocycles. The average Bonchev–Trinajstić information content (AvgIpc) is 3.51. The number of hydrogen-bond donors (Lipinski definition) is 1. The van der Waals surface area contributed by atoms with Crippen molar-refractivity contribution in [3.05, 3.63) is 101 Å². The first-order valence-corrected chi connectivity index (χ1v) is 12.8. The molecule has 7 nitrogen and oxygen atoms in total. The lowest BCUT2D eigenvalue weighted by atomic mass is 9.95. The van der Waals surface area contributed by atoms with Crippen molar-refractivity contribution in [3.63, 3.8) is 0 Å². The highest BCUT2D eigenvalue weighted by molar-refractivity contribution is 6.14. The summed E-state index contributed by atoms with van der Waals surface area (Å²) in [5.41, 5.74) is 1.45. The van der Waals surface area contributed by atoms with E-state index in [1.165, 1.54) is 17.2 Å². The molecule has 7 heteroatoms. The minimum Gasteiger partial charge on any atom is -0.503 e. The summed E-state index contributed by atoms with van der Waals surface area (Å²) in [6, 6.07) is 17.3. The largest absolute Gasteiger partial charge is 0.503 e. The molecule has 198 valence electrons. The lowest BCUT2D eigenvalue weighted by molar-refractivity contribution is -0.130. The van der Waals surface area contributed by atoms with Crippen molar-refractivity contribution in [2.24, 2.45) is 5.92 Å². The second-order valence-corrected chi connectivity index (χ2v) is 9.46. The second kappa shape index (κ2) is 12.3. The molecule has 1 aliphatic rings. The highest BCUT2D eigenvalue weighted by Crippen LogP contribution is 2.42. The maximum Gasteiger partial charge on any atom is 0.290 e. The molecule has 1 amide bonds. The molecule has 0 saturated carbocycles. The fourth-order valence-electron chi connectivity index (χ4n) is 4.30. The third-order valence-corrected chi connectivity index (χ3v) is 6.24. The van der Waals surface area contributed by atoms with Crippen LogP contribution in [0.4, 0.5) is 0 Å². The maximum atomic E-state index is 13.4. The minimum absolute atomic E-state index is 0.00432. The van der Waals surface area contributed by atoms with E-state index in [1.807, 2.05) is 37.3 Å². The van der Waals surface area contributed by atoms with Crippen LogP contribution in [0.15, 0.2) is 88.8 Å². The zero-order valence-electron chi connectivity index (χ0n) is 21.9. The number of aliphatic hydroxyl groups excluding tert-OH is 1. The number of benzene rings is 2. The van der Waals surface area contributed by atoms with Crippen LogP contribution in [0, 0.1) is 5.92 Å². The number of carbonyl (C=O) groups is 2. The first-order valence-electron chi connectivity index (χ1n) is 12.8. The van der Waals surface area contributed by atoms with Gasteiger partial charge >= 0.3 is 0 Å². The standard InChI is InChI=1S/C31H33NO6/c1-4-36-27-19-23(13-15-26(27)38-18-16-21(2)3)29-28(25(33)14-12-22-9-6-5-7-10-22)30(34)31(35)32(29)20-24-11-8-17-37-24/h5-15,17,19,21,29,34H,4,16,18,20H2,1-3H3. The third-order valence-electron chi connectivity index (χ3n) is 6.24. The highest BCUT2D eigenvalue weighted by Gasteiger charge is 2.43. The Morgan fingerprint density at radius 2 is 1.87 bits per heavy atom. The van der Waals surface area contributed by atoms with E-state index in [1.54, 1.807) is 36.4 Å². The molecule has 38 heavy (non-hydrogen) atoms. The number of nitrogens with zero attached hydrogens (tertiary/aromatic N) is 1. The Morgan fingerprint density at radius 1 is 1.08 bits per heavy atom. The Bertz CT molecular complexity index is 1310. The van der Waals surface area contributed by atoms with Gasteiger partial charge in [0.25, 0.3) is 5.91 Å². The van der Waals surface area contributed by atoms with Crippen molar-refractivity contribution in [2.45, 2.75) is 39.8 Å². The highest BCUT2D eigenvalue weighted by atomic mass is 16.5. The van der Waals surface area contributed by atoms with Gasteiger partial charge in [0.05, 0.1) is 37.6 Å². The van der Waals surface area contributed by atoms with Crippen molar-refractivity contribution >= 4 is 17.8 Å². The number of aliphatic hydroxyl groups is 1. The van der Waals surface area contributed by atoms with E-state index in [0.29, 0.717) is 42.0 Å². The van der Waals surface area contributed by atoms with Gasteiger partial charge in [-0.15, -0.1) is 0 Å². The van der Waals surface area contributed by atoms with Crippen molar-refractivity contribution < 1.29 is 28.6 Å². The molecular weight excluding hydrogens is 482 g/mol. The molecular formula is C31H33NO6. The number of carbonyl (C=O) groups excluding carboxylic acids is 2. The van der Waals surface area contributed by atoms with Gasteiger partial charge in [0.15, 0.2) is 23.0 Å². The van der Waals surface area contributed by atoms with Crippen LogP contribution in [0.2, 0.25) is 0 Å². The van der Waals surface area contributed by atoms with Crippen LogP contribution < -0.4 is 9.47 Å². The van der Waals surface area contributed by atoms with Crippen LogP contribution >= 0.6 is 0 Å². The van der Waals surface area contributed by atoms with Gasteiger partial charge in [0.2, 0.25) is 0 Å². The van der Waals surface area contributed by atoms with E-state index in [4.69, 9.17) is 13.9 Å². The molecule has 0 radical (unpaired) electrons. The van der Waals surface area contributed by atoms with Gasteiger partial charge < -0.3 is 23.9 Å². The molecule has 4 rings (SSSR count). The van der Waals surface area contributed by atoms with Gasteiger partial charge in [-0.05, 0) is 60.7 Å². The van der Waals surface area contributed by atoms with Gasteiger partial charge in [0.1, 0.15) is 5.76 Å². The maximum absolute atomic E-state index is 13.4. The van der Waals surface area contributed by atoms with Crippen LogP contribution in [-0.2, 0) is 16.1 Å². The average molecular weight is 516 g/mol. The Labute approximate surface area is 223 Å². The summed E-state index contributed by atoms with van der Waals surface area (Å²) in [5.74, 6) is 0.457. The normalized spacial score (nSPS) is 15.6. The smallest absolute Gasteiger partial charge is 0.290 e. The zero-order valence-corrected chi connectivity index (χ0v) is 21.9. The number of rotatable bonds is 12. The number of allylic oxidation sites excluding steroid dienone is 1. The lowest BCUT2D eigenvalue weighted by Crippen LogP contribution is -2.30. The molecule has 0 aliphatic carbocycles. The number of ketones is 1. The van der Waals surface area contributed by atoms with Crippen LogP contribution in [0.1, 0.15) is 50.1 Å². The predicted molar refractivity (Wildman–Crippen MR) is 145 cm³/mol. The van der Waals surface area contributed by atoms with E-state index in [-0.39, 0.29) is 12.1 Å². The molecule has 2 heterocycles. The van der Waals surface area contributed by atoms with Crippen LogP contribution in [-0.4, -0.2) is 34.9 Å². The second-order valence-electron chi connectivity index (χ2n) is 9.46. The molecule has 3 aromatic rings. The summed E-state index contributed by atoms with van der Waals surface area (Å²) in [4.78, 5) is 28.1. The monoisotopic (exact) mass is 515 g/mol. The van der Waals surface area contributed by atoms with Crippen LogP contribution in [0.25, 0.3) is 6.08 Å². The summed E-state index contributed by atoms with van der Waals surface area (Å²) >= 11 is 0. The van der Waals surface area contributed by atoms with Crippen molar-refractivity contribution in [1.82, 2.24) is 4.90 Å². The van der Waals surface area contributed by atoms with E-state index in [2.05, 4.69) is 13.8 Å². The number of amides is 1. The Balaban J connectivity index is 1.71. The SMILES string of the molecule is CCOc1cc(C2C(C(=O)C=Cc3ccccc3)=C(O)C(=O)N2Cc2ccco2)ccc1OCCC(C)C. The molecule has 1 N–H and O–H groups in total. The third kappa shape index (κ3) is 6.17. The fraction of sp³-hybridized carbons (Fsp3) is 0.290. The summed E-state index contributed by atoms with van der Waals surface area (Å²) in [6.45, 7) is 7.17. The Hall–Kier alpha value is -4.26. The molecule has 0 bridgehead atoms. The predicted octanol–water partition coefficient (Wildman–Crippen LogP) is 6.28. The Morgan fingerprint density at radius 3 is 2.55 bits per heavy atom. The Kier molecular flexibility index (Phi) is 8.69. The van der Waals surface area contributed by atoms with E-state index in [0.717, 1.165) is 12.0 Å². The minimum atomic E-state index is -0.843. The summed E-state index contributed by atoms with van der Waals surface area (Å²) < 4.78 is 17.3. The number of furan rings is 1. The molecule has 0 saturated heterocycles. The summed E-state index contributed by atoms with van der Waals surface area (Å²) in [5, 5.41) is 10.9. The van der Waals surface area contributed by atoms with Crippen molar-refractivity contribution in [3.8, 4) is 11.5 Å². The number of ether oxygens (including phenoxy) is 2. The van der Waals surface area contributed by atoms with E-state index in [9.17, 15) is 14.7 Å². The topological polar surface area (TPSA) is 89.2 Å². The van der Waals surface area contributed by atoms with Gasteiger partial charge in [-0.25, -0.2) is 0 Å². The van der Waals surface area contributed by atoms with Gasteiger partial charge in [-0.2, -0.15) is 0 Å². The van der Waals surface area contributed by atoms with Crippen molar-refractivity contribution in [2.75, 3.05) is 13.2 Å².